The van der Waals surface area contributed by atoms with Gasteiger partial charge in [-0.2, -0.15) is 0 Å². The number of carbonyl (C=O) groups is 1. The van der Waals surface area contributed by atoms with Gasteiger partial charge in [-0.15, -0.1) is 0 Å². The smallest absolute Gasteiger partial charge is 0.243 e. The summed E-state index contributed by atoms with van der Waals surface area (Å²) in [6.45, 7) is 5.99. The van der Waals surface area contributed by atoms with Crippen LogP contribution in [0.5, 0.6) is 5.75 Å². The number of piperazine rings is 1. The van der Waals surface area contributed by atoms with E-state index in [1.165, 1.54) is 5.56 Å². The summed E-state index contributed by atoms with van der Waals surface area (Å²) in [6.07, 6.45) is 2.02. The summed E-state index contributed by atoms with van der Waals surface area (Å²) in [6, 6.07) is 17.1. The summed E-state index contributed by atoms with van der Waals surface area (Å²) in [5, 5.41) is 0. The molecule has 0 saturated carbocycles. The highest BCUT2D eigenvalue weighted by molar-refractivity contribution is 7.92. The quantitative estimate of drug-likeness (QED) is 0.593. The van der Waals surface area contributed by atoms with Gasteiger partial charge in [-0.25, -0.2) is 8.42 Å². The zero-order valence-corrected chi connectivity index (χ0v) is 19.1. The normalized spacial score (nSPS) is 15.0. The van der Waals surface area contributed by atoms with E-state index in [4.69, 9.17) is 4.74 Å². The van der Waals surface area contributed by atoms with Crippen molar-refractivity contribution in [3.8, 4) is 5.75 Å². The summed E-state index contributed by atoms with van der Waals surface area (Å²) in [5.74, 6) is 0.496. The van der Waals surface area contributed by atoms with Crippen LogP contribution in [0, 0.1) is 0 Å². The van der Waals surface area contributed by atoms with Gasteiger partial charge in [-0.3, -0.25) is 14.0 Å². The molecule has 0 aromatic heterocycles. The number of anilines is 1. The lowest BCUT2D eigenvalue weighted by atomic mass is 10.2. The summed E-state index contributed by atoms with van der Waals surface area (Å²) < 4.78 is 31.5. The van der Waals surface area contributed by atoms with Gasteiger partial charge in [0.15, 0.2) is 0 Å². The molecule has 0 radical (unpaired) electrons. The topological polar surface area (TPSA) is 70.2 Å². The second-order valence-corrected chi connectivity index (χ2v) is 9.66. The molecule has 1 saturated heterocycles. The Morgan fingerprint density at radius 1 is 1.00 bits per heavy atom. The first-order valence-corrected chi connectivity index (χ1v) is 12.5. The molecule has 8 heteroatoms. The lowest BCUT2D eigenvalue weighted by Gasteiger charge is -2.35. The monoisotopic (exact) mass is 445 g/mol. The van der Waals surface area contributed by atoms with E-state index < -0.39 is 10.0 Å². The lowest BCUT2D eigenvalue weighted by molar-refractivity contribution is -0.131. The molecule has 3 rings (SSSR count). The van der Waals surface area contributed by atoms with E-state index in [0.717, 1.165) is 36.6 Å². The van der Waals surface area contributed by atoms with E-state index in [0.29, 0.717) is 31.1 Å². The molecule has 0 aliphatic carbocycles. The van der Waals surface area contributed by atoms with Gasteiger partial charge in [0.05, 0.1) is 18.6 Å². The molecule has 1 aliphatic heterocycles. The van der Waals surface area contributed by atoms with Crippen molar-refractivity contribution >= 4 is 21.6 Å². The average molecular weight is 446 g/mol. The maximum absolute atomic E-state index is 12.9. The van der Waals surface area contributed by atoms with E-state index in [2.05, 4.69) is 17.0 Å². The maximum atomic E-state index is 12.9. The summed E-state index contributed by atoms with van der Waals surface area (Å²) in [4.78, 5) is 16.9. The fourth-order valence-corrected chi connectivity index (χ4v) is 4.40. The van der Waals surface area contributed by atoms with E-state index >= 15 is 0 Å². The molecule has 1 fully saturated rings. The fraction of sp³-hybridized carbons (Fsp3) is 0.435. The predicted octanol–water partition coefficient (Wildman–Crippen LogP) is 2.59. The third kappa shape index (κ3) is 6.70. The molecule has 0 N–H and O–H groups in total. The second-order valence-electron chi connectivity index (χ2n) is 7.75. The van der Waals surface area contributed by atoms with Gasteiger partial charge in [-0.05, 0) is 36.2 Å². The minimum Gasteiger partial charge on any atom is -0.494 e. The van der Waals surface area contributed by atoms with Crippen LogP contribution in [-0.2, 0) is 21.4 Å². The molecular formula is C23H31N3O4S. The Bertz CT molecular complexity index is 941. The summed E-state index contributed by atoms with van der Waals surface area (Å²) >= 11 is 0. The lowest BCUT2D eigenvalue weighted by Crippen LogP contribution is -2.51. The first-order chi connectivity index (χ1) is 14.9. The van der Waals surface area contributed by atoms with Crippen molar-refractivity contribution in [1.29, 1.82) is 0 Å². The highest BCUT2D eigenvalue weighted by Crippen LogP contribution is 2.22. The number of carbonyl (C=O) groups excluding carboxylic acids is 1. The molecule has 2 aromatic carbocycles. The van der Waals surface area contributed by atoms with Crippen molar-refractivity contribution in [2.24, 2.45) is 0 Å². The number of hydrogen-bond acceptors (Lipinski definition) is 5. The summed E-state index contributed by atoms with van der Waals surface area (Å²) in [5.41, 5.74) is 1.71. The SMILES string of the molecule is CCCOc1ccc(N(CC(=O)N2CCN(Cc3ccccc3)CC2)S(C)(=O)=O)cc1. The van der Waals surface area contributed by atoms with Crippen LogP contribution in [0.4, 0.5) is 5.69 Å². The number of ether oxygens (including phenoxy) is 1. The fourth-order valence-electron chi connectivity index (χ4n) is 3.55. The molecule has 0 unspecified atom stereocenters. The van der Waals surface area contributed by atoms with Crippen LogP contribution in [0.1, 0.15) is 18.9 Å². The predicted molar refractivity (Wildman–Crippen MR) is 123 cm³/mol. The number of nitrogens with zero attached hydrogens (tertiary/aromatic N) is 3. The Balaban J connectivity index is 1.59. The molecule has 7 nitrogen and oxygen atoms in total. The Labute approximate surface area is 185 Å². The van der Waals surface area contributed by atoms with Crippen molar-refractivity contribution in [3.63, 3.8) is 0 Å². The minimum atomic E-state index is -3.60. The number of amides is 1. The first-order valence-electron chi connectivity index (χ1n) is 10.6. The Morgan fingerprint density at radius 2 is 1.65 bits per heavy atom. The zero-order valence-electron chi connectivity index (χ0n) is 18.2. The molecule has 168 valence electrons. The number of rotatable bonds is 9. The zero-order chi connectivity index (χ0) is 22.3. The van der Waals surface area contributed by atoms with E-state index in [-0.39, 0.29) is 12.5 Å². The van der Waals surface area contributed by atoms with Crippen molar-refractivity contribution in [1.82, 2.24) is 9.80 Å². The molecule has 31 heavy (non-hydrogen) atoms. The van der Waals surface area contributed by atoms with Crippen LogP contribution in [0.15, 0.2) is 54.6 Å². The van der Waals surface area contributed by atoms with Gasteiger partial charge in [0.25, 0.3) is 0 Å². The standard InChI is InChI=1S/C23H31N3O4S/c1-3-17-30-22-11-9-21(10-12-22)26(31(2,28)29)19-23(27)25-15-13-24(14-16-25)18-20-7-5-4-6-8-20/h4-12H,3,13-19H2,1-2H3. The maximum Gasteiger partial charge on any atom is 0.243 e. The van der Waals surface area contributed by atoms with E-state index in [9.17, 15) is 13.2 Å². The van der Waals surface area contributed by atoms with Gasteiger partial charge in [0.2, 0.25) is 15.9 Å². The molecule has 2 aromatic rings. The average Bonchev–Trinajstić information content (AvgIpc) is 2.77. The van der Waals surface area contributed by atoms with E-state index in [1.807, 2.05) is 25.1 Å². The van der Waals surface area contributed by atoms with Crippen molar-refractivity contribution in [3.05, 3.63) is 60.2 Å². The Morgan fingerprint density at radius 3 is 2.23 bits per heavy atom. The third-order valence-electron chi connectivity index (χ3n) is 5.25. The van der Waals surface area contributed by atoms with Crippen LogP contribution >= 0.6 is 0 Å². The molecular weight excluding hydrogens is 414 g/mol. The van der Waals surface area contributed by atoms with Crippen LogP contribution in [0.25, 0.3) is 0 Å². The van der Waals surface area contributed by atoms with Crippen molar-refractivity contribution in [2.45, 2.75) is 19.9 Å². The number of sulfonamides is 1. The highest BCUT2D eigenvalue weighted by Gasteiger charge is 2.26. The van der Waals surface area contributed by atoms with Gasteiger partial charge in [-0.1, -0.05) is 37.3 Å². The van der Waals surface area contributed by atoms with Gasteiger partial charge in [0, 0.05) is 32.7 Å². The first kappa shape index (κ1) is 23.1. The van der Waals surface area contributed by atoms with Gasteiger partial charge < -0.3 is 9.64 Å². The third-order valence-corrected chi connectivity index (χ3v) is 6.39. The van der Waals surface area contributed by atoms with Gasteiger partial charge in [0.1, 0.15) is 12.3 Å². The molecule has 1 aliphatic rings. The van der Waals surface area contributed by atoms with E-state index in [1.54, 1.807) is 29.2 Å². The van der Waals surface area contributed by atoms with Crippen LogP contribution in [0.3, 0.4) is 0 Å². The number of hydrogen-bond donors (Lipinski definition) is 0. The number of benzene rings is 2. The largest absolute Gasteiger partial charge is 0.494 e. The minimum absolute atomic E-state index is 0.184. The second kappa shape index (κ2) is 10.6. The molecule has 0 spiro atoms. The highest BCUT2D eigenvalue weighted by atomic mass is 32.2. The van der Waals surface area contributed by atoms with Gasteiger partial charge >= 0.3 is 0 Å². The molecule has 1 heterocycles. The summed E-state index contributed by atoms with van der Waals surface area (Å²) in [7, 11) is -3.60. The van der Waals surface area contributed by atoms with Crippen molar-refractivity contribution in [2.75, 3.05) is 49.9 Å². The van der Waals surface area contributed by atoms with Crippen molar-refractivity contribution < 1.29 is 17.9 Å². The Hall–Kier alpha value is -2.58. The molecule has 1 amide bonds. The van der Waals surface area contributed by atoms with Crippen LogP contribution in [-0.4, -0.2) is 69.7 Å². The Kier molecular flexibility index (Phi) is 7.92. The molecule has 0 bridgehead atoms. The van der Waals surface area contributed by atoms with Crippen LogP contribution < -0.4 is 9.04 Å². The van der Waals surface area contributed by atoms with Crippen LogP contribution in [0.2, 0.25) is 0 Å². The molecule has 0 atom stereocenters.